The summed E-state index contributed by atoms with van der Waals surface area (Å²) in [7, 11) is 2.01. The van der Waals surface area contributed by atoms with E-state index in [0.717, 1.165) is 6.54 Å². The minimum absolute atomic E-state index is 0.627. The minimum Gasteiger partial charge on any atom is -0.382 e. The summed E-state index contributed by atoms with van der Waals surface area (Å²) in [6.07, 6.45) is 3.65. The first-order valence-corrected chi connectivity index (χ1v) is 6.28. The zero-order valence-corrected chi connectivity index (χ0v) is 10.6. The lowest BCUT2D eigenvalue weighted by Gasteiger charge is -2.10. The highest BCUT2D eigenvalue weighted by Crippen LogP contribution is 2.29. The number of benzene rings is 1. The van der Waals surface area contributed by atoms with Crippen LogP contribution in [0.1, 0.15) is 18.4 Å². The van der Waals surface area contributed by atoms with E-state index >= 15 is 0 Å². The minimum atomic E-state index is 0.627. The number of fused-ring (bicyclic) bond motifs is 1. The molecular weight excluding hydrogens is 252 g/mol. The Morgan fingerprint density at radius 2 is 2.40 bits per heavy atom. The van der Waals surface area contributed by atoms with E-state index in [1.807, 2.05) is 7.05 Å². The summed E-state index contributed by atoms with van der Waals surface area (Å²) in [6, 6.07) is 7.11. The van der Waals surface area contributed by atoms with Gasteiger partial charge in [0.1, 0.15) is 0 Å². The van der Waals surface area contributed by atoms with Gasteiger partial charge in [-0.1, -0.05) is 15.9 Å². The second kappa shape index (κ2) is 4.99. The van der Waals surface area contributed by atoms with E-state index in [0.29, 0.717) is 6.04 Å². The topological polar surface area (TPSA) is 24.1 Å². The van der Waals surface area contributed by atoms with Crippen LogP contribution in [0.2, 0.25) is 0 Å². The van der Waals surface area contributed by atoms with Gasteiger partial charge in [0.2, 0.25) is 0 Å². The summed E-state index contributed by atoms with van der Waals surface area (Å²) in [5.41, 5.74) is 2.76. The number of nitrogens with one attached hydrogen (secondary N) is 2. The summed E-state index contributed by atoms with van der Waals surface area (Å²) in [4.78, 5) is 0. The molecule has 1 aromatic rings. The fourth-order valence-corrected chi connectivity index (χ4v) is 2.52. The van der Waals surface area contributed by atoms with Crippen LogP contribution in [0.4, 0.5) is 5.69 Å². The Balaban J connectivity index is 1.91. The van der Waals surface area contributed by atoms with Crippen molar-refractivity contribution < 1.29 is 0 Å². The fourth-order valence-electron chi connectivity index (χ4n) is 2.11. The molecule has 82 valence electrons. The Bertz CT molecular complexity index is 338. The van der Waals surface area contributed by atoms with Gasteiger partial charge in [-0.2, -0.15) is 0 Å². The zero-order valence-electron chi connectivity index (χ0n) is 9.02. The molecule has 0 fully saturated rings. The third-order valence-electron chi connectivity index (χ3n) is 2.87. The van der Waals surface area contributed by atoms with E-state index in [1.165, 1.54) is 35.0 Å². The van der Waals surface area contributed by atoms with Crippen LogP contribution in [0.3, 0.4) is 0 Å². The molecule has 0 saturated heterocycles. The molecule has 2 N–H and O–H groups in total. The molecule has 15 heavy (non-hydrogen) atoms. The molecule has 1 unspecified atom stereocenters. The number of hydrogen-bond donors (Lipinski definition) is 2. The molecule has 1 aromatic carbocycles. The van der Waals surface area contributed by atoms with Gasteiger partial charge in [-0.05, 0) is 56.6 Å². The van der Waals surface area contributed by atoms with Gasteiger partial charge in [-0.3, -0.25) is 0 Å². The van der Waals surface area contributed by atoms with Gasteiger partial charge >= 0.3 is 0 Å². The van der Waals surface area contributed by atoms with Gasteiger partial charge in [-0.15, -0.1) is 0 Å². The second-order valence-electron chi connectivity index (χ2n) is 4.09. The average molecular weight is 269 g/mol. The van der Waals surface area contributed by atoms with Crippen LogP contribution in [0.25, 0.3) is 0 Å². The summed E-state index contributed by atoms with van der Waals surface area (Å²) in [6.45, 7) is 1.11. The second-order valence-corrected chi connectivity index (χ2v) is 5.01. The van der Waals surface area contributed by atoms with Crippen LogP contribution in [-0.2, 0) is 6.42 Å². The van der Waals surface area contributed by atoms with Gasteiger partial charge in [0.05, 0.1) is 0 Å². The molecule has 0 bridgehead atoms. The number of rotatable bonds is 4. The predicted octanol–water partition coefficient (Wildman–Crippen LogP) is 2.79. The Hall–Kier alpha value is -0.540. The smallest absolute Gasteiger partial charge is 0.0376 e. The predicted molar refractivity (Wildman–Crippen MR) is 68.4 cm³/mol. The van der Waals surface area contributed by atoms with E-state index in [1.54, 1.807) is 0 Å². The molecule has 1 aliphatic heterocycles. The summed E-state index contributed by atoms with van der Waals surface area (Å²) in [5, 5.41) is 6.76. The molecule has 0 saturated carbocycles. The average Bonchev–Trinajstić information content (AvgIpc) is 2.60. The molecule has 0 aliphatic carbocycles. The van der Waals surface area contributed by atoms with Crippen molar-refractivity contribution in [3.63, 3.8) is 0 Å². The van der Waals surface area contributed by atoms with Gasteiger partial charge in [0.15, 0.2) is 0 Å². The van der Waals surface area contributed by atoms with Crippen LogP contribution < -0.4 is 10.6 Å². The fraction of sp³-hybridized carbons (Fsp3) is 0.500. The van der Waals surface area contributed by atoms with Crippen molar-refractivity contribution in [2.24, 2.45) is 0 Å². The molecule has 0 amide bonds. The van der Waals surface area contributed by atoms with Crippen molar-refractivity contribution in [3.8, 4) is 0 Å². The standard InChI is InChI=1S/C12H17BrN2/c1-14-6-2-3-11-8-9-7-10(13)4-5-12(9)15-11/h4-5,7,11,14-15H,2-3,6,8H2,1H3. The van der Waals surface area contributed by atoms with Crippen LogP contribution in [0, 0.1) is 0 Å². The summed E-state index contributed by atoms with van der Waals surface area (Å²) >= 11 is 3.51. The van der Waals surface area contributed by atoms with Gasteiger partial charge < -0.3 is 10.6 Å². The SMILES string of the molecule is CNCCCC1Cc2cc(Br)ccc2N1. The van der Waals surface area contributed by atoms with Crippen LogP contribution in [0.5, 0.6) is 0 Å². The quantitative estimate of drug-likeness (QED) is 0.821. The maximum Gasteiger partial charge on any atom is 0.0376 e. The third kappa shape index (κ3) is 2.73. The van der Waals surface area contributed by atoms with Crippen LogP contribution in [-0.4, -0.2) is 19.6 Å². The van der Waals surface area contributed by atoms with Crippen molar-refractivity contribution >= 4 is 21.6 Å². The lowest BCUT2D eigenvalue weighted by atomic mass is 10.1. The first-order valence-electron chi connectivity index (χ1n) is 5.49. The van der Waals surface area contributed by atoms with Crippen LogP contribution in [0.15, 0.2) is 22.7 Å². The number of halogens is 1. The first kappa shape index (κ1) is 11.0. The monoisotopic (exact) mass is 268 g/mol. The van der Waals surface area contributed by atoms with Crippen molar-refractivity contribution in [1.29, 1.82) is 0 Å². The molecule has 0 aromatic heterocycles. The van der Waals surface area contributed by atoms with Crippen LogP contribution >= 0.6 is 15.9 Å². The molecule has 0 radical (unpaired) electrons. The molecule has 2 rings (SSSR count). The highest BCUT2D eigenvalue weighted by molar-refractivity contribution is 9.10. The van der Waals surface area contributed by atoms with E-state index in [-0.39, 0.29) is 0 Å². The maximum atomic E-state index is 3.57. The van der Waals surface area contributed by atoms with Crippen molar-refractivity contribution in [2.45, 2.75) is 25.3 Å². The van der Waals surface area contributed by atoms with Crippen molar-refractivity contribution in [2.75, 3.05) is 18.9 Å². The number of anilines is 1. The highest BCUT2D eigenvalue weighted by Gasteiger charge is 2.19. The van der Waals surface area contributed by atoms with E-state index in [2.05, 4.69) is 44.8 Å². The van der Waals surface area contributed by atoms with Gasteiger partial charge in [0, 0.05) is 16.2 Å². The molecular formula is C12H17BrN2. The summed E-state index contributed by atoms with van der Waals surface area (Å²) in [5.74, 6) is 0. The molecule has 0 spiro atoms. The lowest BCUT2D eigenvalue weighted by Crippen LogP contribution is -2.18. The molecule has 2 nitrogen and oxygen atoms in total. The number of hydrogen-bond acceptors (Lipinski definition) is 2. The molecule has 1 aliphatic rings. The summed E-state index contributed by atoms with van der Waals surface area (Å²) < 4.78 is 1.18. The Kier molecular flexibility index (Phi) is 3.65. The van der Waals surface area contributed by atoms with Gasteiger partial charge in [0.25, 0.3) is 0 Å². The molecule has 1 atom stereocenters. The largest absolute Gasteiger partial charge is 0.382 e. The highest BCUT2D eigenvalue weighted by atomic mass is 79.9. The van der Waals surface area contributed by atoms with Crippen molar-refractivity contribution in [3.05, 3.63) is 28.2 Å². The first-order chi connectivity index (χ1) is 7.29. The van der Waals surface area contributed by atoms with E-state index in [9.17, 15) is 0 Å². The van der Waals surface area contributed by atoms with Crippen molar-refractivity contribution in [1.82, 2.24) is 5.32 Å². The molecule has 3 heteroatoms. The maximum absolute atomic E-state index is 3.57. The van der Waals surface area contributed by atoms with E-state index < -0.39 is 0 Å². The Morgan fingerprint density at radius 1 is 1.53 bits per heavy atom. The molecule has 1 heterocycles. The zero-order chi connectivity index (χ0) is 10.7. The van der Waals surface area contributed by atoms with E-state index in [4.69, 9.17) is 0 Å². The van der Waals surface area contributed by atoms with Gasteiger partial charge in [-0.25, -0.2) is 0 Å². The Morgan fingerprint density at radius 3 is 3.20 bits per heavy atom. The third-order valence-corrected chi connectivity index (χ3v) is 3.37. The Labute approximate surface area is 99.6 Å². The normalized spacial score (nSPS) is 18.7. The lowest BCUT2D eigenvalue weighted by molar-refractivity contribution is 0.608.